The SMILES string of the molecule is N#CC(C#N)C(c1ccccc1)C1C=CCCO1. The number of ether oxygens (including phenoxy) is 1. The van der Waals surface area contributed by atoms with E-state index in [1.165, 1.54) is 0 Å². The van der Waals surface area contributed by atoms with Crippen LogP contribution in [0.25, 0.3) is 0 Å². The van der Waals surface area contributed by atoms with Crippen LogP contribution in [0.5, 0.6) is 0 Å². The summed E-state index contributed by atoms with van der Waals surface area (Å²) in [6, 6.07) is 13.8. The molecule has 0 radical (unpaired) electrons. The second-order valence-corrected chi connectivity index (χ2v) is 4.22. The van der Waals surface area contributed by atoms with Crippen molar-refractivity contribution in [2.45, 2.75) is 18.4 Å². The number of rotatable bonds is 3. The highest BCUT2D eigenvalue weighted by Gasteiger charge is 2.31. The maximum Gasteiger partial charge on any atom is 0.142 e. The van der Waals surface area contributed by atoms with Crippen LogP contribution in [0.4, 0.5) is 0 Å². The van der Waals surface area contributed by atoms with E-state index in [4.69, 9.17) is 15.3 Å². The third-order valence-corrected chi connectivity index (χ3v) is 3.10. The van der Waals surface area contributed by atoms with Crippen LogP contribution in [0.2, 0.25) is 0 Å². The lowest BCUT2D eigenvalue weighted by Crippen LogP contribution is -2.28. The highest BCUT2D eigenvalue weighted by atomic mass is 16.5. The molecule has 1 aliphatic heterocycles. The molecule has 2 atom stereocenters. The summed E-state index contributed by atoms with van der Waals surface area (Å²) in [7, 11) is 0. The van der Waals surface area contributed by atoms with Crippen molar-refractivity contribution in [2.24, 2.45) is 5.92 Å². The largest absolute Gasteiger partial charge is 0.373 e. The highest BCUT2D eigenvalue weighted by Crippen LogP contribution is 2.31. The van der Waals surface area contributed by atoms with Crippen LogP contribution >= 0.6 is 0 Å². The van der Waals surface area contributed by atoms with Crippen molar-refractivity contribution in [2.75, 3.05) is 6.61 Å². The molecule has 2 rings (SSSR count). The van der Waals surface area contributed by atoms with E-state index in [0.717, 1.165) is 12.0 Å². The van der Waals surface area contributed by atoms with E-state index in [1.807, 2.05) is 36.4 Å². The molecule has 0 bridgehead atoms. The van der Waals surface area contributed by atoms with Gasteiger partial charge in [0.2, 0.25) is 0 Å². The number of hydrogen-bond donors (Lipinski definition) is 0. The summed E-state index contributed by atoms with van der Waals surface area (Å²) < 4.78 is 5.69. The minimum atomic E-state index is -0.694. The molecule has 1 aromatic rings. The minimum Gasteiger partial charge on any atom is -0.373 e. The van der Waals surface area contributed by atoms with Crippen LogP contribution < -0.4 is 0 Å². The first-order valence-corrected chi connectivity index (χ1v) is 5.99. The molecule has 1 aliphatic rings. The Balaban J connectivity index is 2.35. The van der Waals surface area contributed by atoms with Crippen LogP contribution in [0.1, 0.15) is 17.9 Å². The summed E-state index contributed by atoms with van der Waals surface area (Å²) >= 11 is 0. The lowest BCUT2D eigenvalue weighted by atomic mass is 9.82. The van der Waals surface area contributed by atoms with E-state index in [0.29, 0.717) is 6.61 Å². The minimum absolute atomic E-state index is 0.189. The first kappa shape index (κ1) is 12.4. The lowest BCUT2D eigenvalue weighted by Gasteiger charge is -2.28. The number of nitrogens with zero attached hydrogens (tertiary/aromatic N) is 2. The van der Waals surface area contributed by atoms with Crippen LogP contribution in [0.3, 0.4) is 0 Å². The molecule has 0 saturated heterocycles. The number of nitriles is 2. The fourth-order valence-corrected chi connectivity index (χ4v) is 2.22. The molecule has 0 N–H and O–H groups in total. The molecular weight excluding hydrogens is 224 g/mol. The second-order valence-electron chi connectivity index (χ2n) is 4.22. The predicted octanol–water partition coefficient (Wildman–Crippen LogP) is 2.78. The predicted molar refractivity (Wildman–Crippen MR) is 67.4 cm³/mol. The van der Waals surface area contributed by atoms with Gasteiger partial charge in [-0.1, -0.05) is 42.5 Å². The van der Waals surface area contributed by atoms with Gasteiger partial charge in [-0.25, -0.2) is 0 Å². The summed E-state index contributed by atoms with van der Waals surface area (Å²) in [4.78, 5) is 0. The second kappa shape index (κ2) is 6.00. The van der Waals surface area contributed by atoms with Crippen molar-refractivity contribution in [3.05, 3.63) is 48.0 Å². The molecule has 0 aromatic heterocycles. The van der Waals surface area contributed by atoms with E-state index < -0.39 is 5.92 Å². The summed E-state index contributed by atoms with van der Waals surface area (Å²) in [5.41, 5.74) is 0.974. The number of benzene rings is 1. The van der Waals surface area contributed by atoms with Crippen molar-refractivity contribution in [3.8, 4) is 12.1 Å². The molecule has 0 saturated carbocycles. The van der Waals surface area contributed by atoms with E-state index in [2.05, 4.69) is 18.2 Å². The Morgan fingerprint density at radius 3 is 2.44 bits per heavy atom. The zero-order valence-electron chi connectivity index (χ0n) is 9.99. The van der Waals surface area contributed by atoms with Crippen molar-refractivity contribution >= 4 is 0 Å². The molecule has 1 heterocycles. The molecule has 0 spiro atoms. The van der Waals surface area contributed by atoms with Crippen molar-refractivity contribution in [3.63, 3.8) is 0 Å². The molecule has 90 valence electrons. The number of hydrogen-bond acceptors (Lipinski definition) is 3. The van der Waals surface area contributed by atoms with Crippen LogP contribution in [0.15, 0.2) is 42.5 Å². The fraction of sp³-hybridized carbons (Fsp3) is 0.333. The van der Waals surface area contributed by atoms with Gasteiger partial charge in [-0.3, -0.25) is 0 Å². The average Bonchev–Trinajstić information content (AvgIpc) is 2.46. The standard InChI is InChI=1S/C15H14N2O/c16-10-13(11-17)15(12-6-2-1-3-7-12)14-8-4-5-9-18-14/h1-4,6-8,13-15H,5,9H2. The summed E-state index contributed by atoms with van der Waals surface area (Å²) in [6.07, 6.45) is 4.71. The summed E-state index contributed by atoms with van der Waals surface area (Å²) in [6.45, 7) is 0.647. The van der Waals surface area contributed by atoms with Gasteiger partial charge in [0.1, 0.15) is 5.92 Å². The Bertz CT molecular complexity index is 481. The van der Waals surface area contributed by atoms with Gasteiger partial charge in [0, 0.05) is 5.92 Å². The molecule has 0 aliphatic carbocycles. The van der Waals surface area contributed by atoms with E-state index in [-0.39, 0.29) is 12.0 Å². The normalized spacial score (nSPS) is 20.1. The van der Waals surface area contributed by atoms with Crippen LogP contribution in [0, 0.1) is 28.6 Å². The molecule has 1 aromatic carbocycles. The van der Waals surface area contributed by atoms with Crippen LogP contribution in [-0.4, -0.2) is 12.7 Å². The summed E-state index contributed by atoms with van der Waals surface area (Å²) in [5, 5.41) is 18.3. The third-order valence-electron chi connectivity index (χ3n) is 3.10. The Kier molecular flexibility index (Phi) is 4.12. The molecule has 3 nitrogen and oxygen atoms in total. The Hall–Kier alpha value is -2.10. The molecular formula is C15H14N2O. The zero-order valence-corrected chi connectivity index (χ0v) is 9.99. The highest BCUT2D eigenvalue weighted by molar-refractivity contribution is 5.28. The Morgan fingerprint density at radius 2 is 1.89 bits per heavy atom. The maximum atomic E-state index is 9.14. The van der Waals surface area contributed by atoms with Gasteiger partial charge in [-0.05, 0) is 12.0 Å². The maximum absolute atomic E-state index is 9.14. The van der Waals surface area contributed by atoms with Crippen molar-refractivity contribution in [1.29, 1.82) is 10.5 Å². The topological polar surface area (TPSA) is 56.8 Å². The first-order chi connectivity index (χ1) is 8.86. The van der Waals surface area contributed by atoms with Crippen molar-refractivity contribution in [1.82, 2.24) is 0 Å². The van der Waals surface area contributed by atoms with Crippen LogP contribution in [-0.2, 0) is 4.74 Å². The van der Waals surface area contributed by atoms with Gasteiger partial charge in [-0.2, -0.15) is 10.5 Å². The zero-order chi connectivity index (χ0) is 12.8. The molecule has 0 amide bonds. The Morgan fingerprint density at radius 1 is 1.17 bits per heavy atom. The summed E-state index contributed by atoms with van der Waals surface area (Å²) in [5.74, 6) is -0.919. The molecule has 3 heteroatoms. The van der Waals surface area contributed by atoms with Gasteiger partial charge >= 0.3 is 0 Å². The average molecular weight is 238 g/mol. The fourth-order valence-electron chi connectivity index (χ4n) is 2.22. The lowest BCUT2D eigenvalue weighted by molar-refractivity contribution is 0.0564. The smallest absolute Gasteiger partial charge is 0.142 e. The molecule has 18 heavy (non-hydrogen) atoms. The van der Waals surface area contributed by atoms with Gasteiger partial charge in [0.25, 0.3) is 0 Å². The Labute approximate surface area is 107 Å². The van der Waals surface area contributed by atoms with E-state index in [1.54, 1.807) is 0 Å². The first-order valence-electron chi connectivity index (χ1n) is 5.99. The third kappa shape index (κ3) is 2.59. The molecule has 0 fully saturated rings. The van der Waals surface area contributed by atoms with E-state index >= 15 is 0 Å². The monoisotopic (exact) mass is 238 g/mol. The van der Waals surface area contributed by atoms with Gasteiger partial charge < -0.3 is 4.74 Å². The van der Waals surface area contributed by atoms with Gasteiger partial charge in [-0.15, -0.1) is 0 Å². The van der Waals surface area contributed by atoms with Crippen molar-refractivity contribution < 1.29 is 4.74 Å². The molecule has 2 unspecified atom stereocenters. The van der Waals surface area contributed by atoms with E-state index in [9.17, 15) is 0 Å². The van der Waals surface area contributed by atoms with Gasteiger partial charge in [0.05, 0.1) is 24.8 Å². The quantitative estimate of drug-likeness (QED) is 0.761. The van der Waals surface area contributed by atoms with Gasteiger partial charge in [0.15, 0.2) is 0 Å².